The molecule has 0 bridgehead atoms. The summed E-state index contributed by atoms with van der Waals surface area (Å²) in [7, 11) is 0. The van der Waals surface area contributed by atoms with Crippen LogP contribution in [-0.4, -0.2) is 71.6 Å². The van der Waals surface area contributed by atoms with Gasteiger partial charge >= 0.3 is 0 Å². The minimum atomic E-state index is -0.145. The number of aromatic hydroxyl groups is 1. The van der Waals surface area contributed by atoms with Gasteiger partial charge in [-0.2, -0.15) is 0 Å². The van der Waals surface area contributed by atoms with E-state index in [-0.39, 0.29) is 17.8 Å². The summed E-state index contributed by atoms with van der Waals surface area (Å²) in [6, 6.07) is 5.36. The topological polar surface area (TPSA) is 91.4 Å². The van der Waals surface area contributed by atoms with Crippen LogP contribution in [0.15, 0.2) is 29.4 Å². The van der Waals surface area contributed by atoms with Gasteiger partial charge in [0.15, 0.2) is 0 Å². The van der Waals surface area contributed by atoms with E-state index in [1.54, 1.807) is 19.1 Å². The van der Waals surface area contributed by atoms with Crippen molar-refractivity contribution in [2.75, 3.05) is 32.8 Å². The molecule has 0 radical (unpaired) electrons. The quantitative estimate of drug-likeness (QED) is 0.420. The molecule has 3 N–H and O–H groups in total. The van der Waals surface area contributed by atoms with Gasteiger partial charge in [-0.15, -0.1) is 12.3 Å². The van der Waals surface area contributed by atoms with Crippen LogP contribution in [-0.2, 0) is 9.53 Å². The maximum absolute atomic E-state index is 11.9. The zero-order valence-electron chi connectivity index (χ0n) is 23.2. The normalized spacial score (nSPS) is 18.7. The number of ether oxygens (including phenoxy) is 1. The molecule has 1 saturated heterocycles. The number of hydrogen-bond acceptors (Lipinski definition) is 6. The molecule has 0 aliphatic carbocycles. The average molecular weight is 533 g/mol. The number of carbonyl (C=O) groups excluding carboxylic acids is 1. The number of nitrogens with zero attached hydrogens (tertiary/aromatic N) is 3. The lowest BCUT2D eigenvalue weighted by molar-refractivity contribution is -0.141. The van der Waals surface area contributed by atoms with Crippen LogP contribution in [0.1, 0.15) is 72.3 Å². The Hall–Kier alpha value is -2.53. The van der Waals surface area contributed by atoms with Crippen molar-refractivity contribution in [1.29, 1.82) is 0 Å². The van der Waals surface area contributed by atoms with Gasteiger partial charge in [-0.05, 0) is 88.8 Å². The number of amidine groups is 1. The van der Waals surface area contributed by atoms with E-state index in [2.05, 4.69) is 49.2 Å². The molecule has 1 fully saturated rings. The standard InChI is InChI=1S/C15H20ClN3O.C11H21NO2.C3H4/c1-10-8-18-11(2)19(10)9-12(5-6-17)14-4-3-13(20)7-15(14)16;1-3-7-12(8-4-2)11(13)10-6-5-9-14-10;1-3-2/h3-4,7,9-10,20H,5-6,8,17H2,1-2H3;10H,3-9H2,1-2H3;1H,2H3/b12-9+;;. The molecule has 2 aliphatic rings. The van der Waals surface area contributed by atoms with Gasteiger partial charge in [0.1, 0.15) is 17.7 Å². The van der Waals surface area contributed by atoms with Gasteiger partial charge in [0.05, 0.1) is 17.6 Å². The van der Waals surface area contributed by atoms with Crippen molar-refractivity contribution < 1.29 is 14.6 Å². The predicted molar refractivity (Wildman–Crippen MR) is 155 cm³/mol. The number of benzene rings is 1. The molecule has 206 valence electrons. The summed E-state index contributed by atoms with van der Waals surface area (Å²) in [4.78, 5) is 20.4. The first-order valence-corrected chi connectivity index (χ1v) is 13.6. The van der Waals surface area contributed by atoms with Crippen molar-refractivity contribution in [1.82, 2.24) is 9.80 Å². The van der Waals surface area contributed by atoms with E-state index in [1.165, 1.54) is 0 Å². The summed E-state index contributed by atoms with van der Waals surface area (Å²) >= 11 is 6.23. The number of rotatable bonds is 9. The second-order valence-electron chi connectivity index (χ2n) is 9.12. The van der Waals surface area contributed by atoms with Gasteiger partial charge in [-0.25, -0.2) is 0 Å². The summed E-state index contributed by atoms with van der Waals surface area (Å²) in [6.45, 7) is 13.8. The van der Waals surface area contributed by atoms with Gasteiger partial charge < -0.3 is 25.4 Å². The van der Waals surface area contributed by atoms with E-state index in [9.17, 15) is 9.90 Å². The predicted octanol–water partition coefficient (Wildman–Crippen LogP) is 5.31. The Kier molecular flexibility index (Phi) is 15.7. The number of hydrogen-bond donors (Lipinski definition) is 2. The molecule has 7 nitrogen and oxygen atoms in total. The number of terminal acetylenes is 1. The number of nitrogens with two attached hydrogens (primary N) is 1. The number of amides is 1. The minimum Gasteiger partial charge on any atom is -0.508 e. The molecular weight excluding hydrogens is 488 g/mol. The van der Waals surface area contributed by atoms with Crippen LogP contribution in [0.5, 0.6) is 5.75 Å². The van der Waals surface area contributed by atoms with Crippen LogP contribution >= 0.6 is 11.6 Å². The molecule has 0 saturated carbocycles. The highest BCUT2D eigenvalue weighted by Gasteiger charge is 2.27. The maximum atomic E-state index is 11.9. The first-order chi connectivity index (χ1) is 17.7. The van der Waals surface area contributed by atoms with Crippen molar-refractivity contribution in [2.24, 2.45) is 10.7 Å². The van der Waals surface area contributed by atoms with E-state index in [4.69, 9.17) is 22.1 Å². The molecule has 2 aliphatic heterocycles. The zero-order chi connectivity index (χ0) is 27.8. The van der Waals surface area contributed by atoms with E-state index in [1.807, 2.05) is 17.9 Å². The van der Waals surface area contributed by atoms with Crippen molar-refractivity contribution in [2.45, 2.75) is 78.9 Å². The Morgan fingerprint density at radius 2 is 2.03 bits per heavy atom. The van der Waals surface area contributed by atoms with Gasteiger partial charge in [-0.3, -0.25) is 9.79 Å². The fourth-order valence-electron chi connectivity index (χ4n) is 4.18. The van der Waals surface area contributed by atoms with Crippen molar-refractivity contribution >= 4 is 28.9 Å². The number of phenols is 1. The van der Waals surface area contributed by atoms with Gasteiger partial charge in [0.25, 0.3) is 5.91 Å². The van der Waals surface area contributed by atoms with Crippen LogP contribution < -0.4 is 5.73 Å². The molecule has 1 aromatic carbocycles. The molecule has 0 aromatic heterocycles. The Bertz CT molecular complexity index is 930. The molecule has 0 spiro atoms. The molecular formula is C29H45ClN4O3. The minimum absolute atomic E-state index is 0.145. The second-order valence-corrected chi connectivity index (χ2v) is 9.52. The monoisotopic (exact) mass is 532 g/mol. The molecule has 2 unspecified atom stereocenters. The van der Waals surface area contributed by atoms with E-state index in [0.717, 1.165) is 75.3 Å². The van der Waals surface area contributed by atoms with E-state index >= 15 is 0 Å². The van der Waals surface area contributed by atoms with Crippen LogP contribution in [0.4, 0.5) is 0 Å². The fraction of sp³-hybridized carbons (Fsp3) is 0.586. The van der Waals surface area contributed by atoms with E-state index < -0.39 is 0 Å². The first kappa shape index (κ1) is 32.5. The average Bonchev–Trinajstić information content (AvgIpc) is 3.50. The lowest BCUT2D eigenvalue weighted by Crippen LogP contribution is -2.39. The largest absolute Gasteiger partial charge is 0.508 e. The number of phenolic OH excluding ortho intramolecular Hbond substituents is 1. The van der Waals surface area contributed by atoms with Crippen LogP contribution in [0, 0.1) is 12.3 Å². The summed E-state index contributed by atoms with van der Waals surface area (Å²) in [6.07, 6.45) is 11.2. The third kappa shape index (κ3) is 10.8. The third-order valence-electron chi connectivity index (χ3n) is 5.94. The summed E-state index contributed by atoms with van der Waals surface area (Å²) in [5.74, 6) is 3.62. The molecule has 2 heterocycles. The highest BCUT2D eigenvalue weighted by atomic mass is 35.5. The highest BCUT2D eigenvalue weighted by molar-refractivity contribution is 6.32. The first-order valence-electron chi connectivity index (χ1n) is 13.2. The summed E-state index contributed by atoms with van der Waals surface area (Å²) in [5, 5.41) is 9.99. The maximum Gasteiger partial charge on any atom is 0.251 e. The Labute approximate surface area is 228 Å². The molecule has 1 amide bonds. The van der Waals surface area contributed by atoms with Crippen LogP contribution in [0.2, 0.25) is 5.02 Å². The SMILES string of the molecule is C#CC.CC1=NCC(C)N1/C=C(\CCN)c1ccc(O)cc1Cl.CCCN(CCC)C(=O)C1CCCO1. The molecule has 3 rings (SSSR count). The summed E-state index contributed by atoms with van der Waals surface area (Å²) < 4.78 is 5.40. The van der Waals surface area contributed by atoms with Crippen molar-refractivity contribution in [3.63, 3.8) is 0 Å². The molecule has 8 heteroatoms. The Morgan fingerprint density at radius 3 is 2.49 bits per heavy atom. The zero-order valence-corrected chi connectivity index (χ0v) is 23.9. The second kappa shape index (κ2) is 17.8. The Balaban J connectivity index is 0.000000352. The fourth-order valence-corrected chi connectivity index (χ4v) is 4.47. The number of halogens is 1. The molecule has 1 aromatic rings. The van der Waals surface area contributed by atoms with Crippen LogP contribution in [0.25, 0.3) is 5.57 Å². The lowest BCUT2D eigenvalue weighted by Gasteiger charge is -2.24. The van der Waals surface area contributed by atoms with Crippen molar-refractivity contribution in [3.05, 3.63) is 35.0 Å². The van der Waals surface area contributed by atoms with Gasteiger partial charge in [0.2, 0.25) is 0 Å². The highest BCUT2D eigenvalue weighted by Crippen LogP contribution is 2.30. The number of carbonyl (C=O) groups is 1. The van der Waals surface area contributed by atoms with Crippen molar-refractivity contribution in [3.8, 4) is 18.1 Å². The third-order valence-corrected chi connectivity index (χ3v) is 6.26. The lowest BCUT2D eigenvalue weighted by atomic mass is 10.0. The van der Waals surface area contributed by atoms with E-state index in [0.29, 0.717) is 17.6 Å². The molecule has 37 heavy (non-hydrogen) atoms. The molecule has 2 atom stereocenters. The van der Waals surface area contributed by atoms with Gasteiger partial charge in [0, 0.05) is 25.9 Å². The number of aliphatic imine (C=N–C) groups is 1. The smallest absolute Gasteiger partial charge is 0.251 e. The van der Waals surface area contributed by atoms with Gasteiger partial charge in [-0.1, -0.05) is 25.4 Å². The Morgan fingerprint density at radius 1 is 1.38 bits per heavy atom. The van der Waals surface area contributed by atoms with Crippen LogP contribution in [0.3, 0.4) is 0 Å². The summed E-state index contributed by atoms with van der Waals surface area (Å²) in [5.41, 5.74) is 7.67.